The number of nitrogens with zero attached hydrogens (tertiary/aromatic N) is 3. The number of carbonyl (C=O) groups excluding carboxylic acids is 1. The summed E-state index contributed by atoms with van der Waals surface area (Å²) in [6.07, 6.45) is 6.04. The molecule has 0 fully saturated rings. The van der Waals surface area contributed by atoms with E-state index < -0.39 is 0 Å². The molecule has 1 aliphatic rings. The number of aliphatic imine (C=N–C) groups is 1. The van der Waals surface area contributed by atoms with Gasteiger partial charge in [0.25, 0.3) is 0 Å². The van der Waals surface area contributed by atoms with E-state index in [1.54, 1.807) is 13.2 Å². The van der Waals surface area contributed by atoms with E-state index >= 15 is 0 Å². The largest absolute Gasteiger partial charge is 0.356 e. The molecule has 3 N–H and O–H groups in total. The average Bonchev–Trinajstić information content (AvgIpc) is 3.28. The highest BCUT2D eigenvalue weighted by molar-refractivity contribution is 5.94. The molecule has 30 heavy (non-hydrogen) atoms. The van der Waals surface area contributed by atoms with Gasteiger partial charge in [0.1, 0.15) is 0 Å². The summed E-state index contributed by atoms with van der Waals surface area (Å²) in [4.78, 5) is 20.4. The third-order valence-electron chi connectivity index (χ3n) is 5.25. The Kier molecular flexibility index (Phi) is 6.08. The second-order valence-electron chi connectivity index (χ2n) is 7.39. The lowest BCUT2D eigenvalue weighted by Gasteiger charge is -2.26. The van der Waals surface area contributed by atoms with Gasteiger partial charge in [0, 0.05) is 57.1 Å². The van der Waals surface area contributed by atoms with Crippen molar-refractivity contribution in [3.8, 4) is 0 Å². The molecule has 0 saturated heterocycles. The van der Waals surface area contributed by atoms with Gasteiger partial charge >= 0.3 is 0 Å². The Morgan fingerprint density at radius 1 is 1.17 bits per heavy atom. The van der Waals surface area contributed by atoms with Gasteiger partial charge in [-0.3, -0.25) is 9.79 Å². The quantitative estimate of drug-likeness (QED) is 0.437. The summed E-state index contributed by atoms with van der Waals surface area (Å²) in [5.74, 6) is 0.899. The Bertz CT molecular complexity index is 1010. The van der Waals surface area contributed by atoms with Gasteiger partial charge < -0.3 is 20.5 Å². The summed E-state index contributed by atoms with van der Waals surface area (Å²) in [5, 5.41) is 9.65. The first-order chi connectivity index (χ1) is 14.7. The normalized spacial score (nSPS) is 16.0. The Morgan fingerprint density at radius 3 is 2.73 bits per heavy atom. The number of carbonyl (C=O) groups is 1. The maximum atomic E-state index is 12.0. The molecule has 0 radical (unpaired) electrons. The van der Waals surface area contributed by atoms with E-state index in [-0.39, 0.29) is 11.8 Å². The van der Waals surface area contributed by atoms with Crippen molar-refractivity contribution in [2.45, 2.75) is 25.4 Å². The lowest BCUT2D eigenvalue weighted by molar-refractivity contribution is -0.116. The summed E-state index contributed by atoms with van der Waals surface area (Å²) < 4.78 is 2.04. The molecule has 154 valence electrons. The molecule has 7 heteroatoms. The summed E-state index contributed by atoms with van der Waals surface area (Å²) in [7, 11) is 1.76. The molecule has 2 aromatic carbocycles. The van der Waals surface area contributed by atoms with Gasteiger partial charge in [0.05, 0.1) is 6.33 Å². The van der Waals surface area contributed by atoms with Gasteiger partial charge in [-0.25, -0.2) is 4.98 Å². The molecule has 1 amide bonds. The van der Waals surface area contributed by atoms with Gasteiger partial charge in [-0.2, -0.15) is 0 Å². The molecule has 1 aliphatic heterocycles. The predicted molar refractivity (Wildman–Crippen MR) is 118 cm³/mol. The number of aromatic nitrogens is 2. The van der Waals surface area contributed by atoms with Crippen LogP contribution in [0.5, 0.6) is 0 Å². The fraction of sp³-hybridized carbons (Fsp3) is 0.261. The van der Waals surface area contributed by atoms with E-state index in [1.807, 2.05) is 35.3 Å². The van der Waals surface area contributed by atoms with E-state index in [4.69, 9.17) is 0 Å². The third-order valence-corrected chi connectivity index (χ3v) is 5.25. The van der Waals surface area contributed by atoms with Crippen LogP contribution in [0, 0.1) is 0 Å². The molecular formula is C23H26N6O. The molecular weight excluding hydrogens is 376 g/mol. The minimum atomic E-state index is 0.0548. The van der Waals surface area contributed by atoms with Crippen molar-refractivity contribution in [2.75, 3.05) is 18.9 Å². The zero-order chi connectivity index (χ0) is 20.8. The van der Waals surface area contributed by atoms with Crippen molar-refractivity contribution in [2.24, 2.45) is 4.99 Å². The topological polar surface area (TPSA) is 83.3 Å². The van der Waals surface area contributed by atoms with Crippen LogP contribution < -0.4 is 16.0 Å². The highest BCUT2D eigenvalue weighted by atomic mass is 16.1. The number of anilines is 1. The van der Waals surface area contributed by atoms with Crippen molar-refractivity contribution < 1.29 is 4.79 Å². The number of para-hydroxylation sites is 1. The second kappa shape index (κ2) is 9.26. The minimum Gasteiger partial charge on any atom is -0.356 e. The lowest BCUT2D eigenvalue weighted by Crippen LogP contribution is -2.40. The van der Waals surface area contributed by atoms with Crippen LogP contribution in [0.1, 0.15) is 29.0 Å². The van der Waals surface area contributed by atoms with Crippen LogP contribution in [0.2, 0.25) is 0 Å². The van der Waals surface area contributed by atoms with Crippen molar-refractivity contribution in [1.29, 1.82) is 0 Å². The van der Waals surface area contributed by atoms with Gasteiger partial charge in [-0.05, 0) is 22.8 Å². The monoisotopic (exact) mass is 402 g/mol. The lowest BCUT2D eigenvalue weighted by atomic mass is 9.90. The van der Waals surface area contributed by atoms with E-state index in [0.717, 1.165) is 23.8 Å². The highest BCUT2D eigenvalue weighted by Gasteiger charge is 2.24. The van der Waals surface area contributed by atoms with Crippen LogP contribution in [-0.2, 0) is 17.9 Å². The van der Waals surface area contributed by atoms with Crippen LogP contribution >= 0.6 is 0 Å². The number of guanidine groups is 1. The van der Waals surface area contributed by atoms with Crippen molar-refractivity contribution >= 4 is 17.6 Å². The van der Waals surface area contributed by atoms with Gasteiger partial charge in [0.2, 0.25) is 5.91 Å². The molecule has 0 saturated carbocycles. The Balaban J connectivity index is 1.30. The maximum absolute atomic E-state index is 12.0. The minimum absolute atomic E-state index is 0.0548. The molecule has 3 aromatic rings. The highest BCUT2D eigenvalue weighted by Crippen LogP contribution is 2.31. The van der Waals surface area contributed by atoms with Gasteiger partial charge in [0.15, 0.2) is 5.96 Å². The molecule has 0 bridgehead atoms. The summed E-state index contributed by atoms with van der Waals surface area (Å²) in [6.45, 7) is 2.13. The Morgan fingerprint density at radius 2 is 1.97 bits per heavy atom. The molecule has 2 heterocycles. The molecule has 0 aliphatic carbocycles. The standard InChI is InChI=1S/C23H26N6O/c1-24-23(27-14-19-12-22(30)28-21-5-3-2-4-20(19)21)26-13-17-6-8-18(9-7-17)15-29-11-10-25-16-29/h2-11,16,19H,12-15H2,1H3,(H,28,30)(H2,24,26,27). The zero-order valence-corrected chi connectivity index (χ0v) is 17.0. The molecule has 0 spiro atoms. The van der Waals surface area contributed by atoms with Crippen molar-refractivity contribution in [3.63, 3.8) is 0 Å². The first-order valence-electron chi connectivity index (χ1n) is 10.1. The van der Waals surface area contributed by atoms with Crippen LogP contribution in [0.4, 0.5) is 5.69 Å². The number of hydrogen-bond donors (Lipinski definition) is 3. The molecule has 1 atom stereocenters. The first-order valence-corrected chi connectivity index (χ1v) is 10.1. The van der Waals surface area contributed by atoms with Gasteiger partial charge in [-0.1, -0.05) is 42.5 Å². The van der Waals surface area contributed by atoms with Crippen LogP contribution in [0.15, 0.2) is 72.2 Å². The van der Waals surface area contributed by atoms with E-state index in [9.17, 15) is 4.79 Å². The Hall–Kier alpha value is -3.61. The maximum Gasteiger partial charge on any atom is 0.225 e. The molecule has 1 unspecified atom stereocenters. The molecule has 7 nitrogen and oxygen atoms in total. The number of rotatable bonds is 6. The fourth-order valence-corrected chi connectivity index (χ4v) is 3.66. The van der Waals surface area contributed by atoms with Crippen LogP contribution in [0.25, 0.3) is 0 Å². The molecule has 1 aromatic heterocycles. The zero-order valence-electron chi connectivity index (χ0n) is 17.0. The fourth-order valence-electron chi connectivity index (χ4n) is 3.66. The van der Waals surface area contributed by atoms with Crippen LogP contribution in [-0.4, -0.2) is 35.0 Å². The van der Waals surface area contributed by atoms with E-state index in [1.165, 1.54) is 11.1 Å². The summed E-state index contributed by atoms with van der Waals surface area (Å²) in [6, 6.07) is 16.5. The number of amides is 1. The first kappa shape index (κ1) is 19.7. The van der Waals surface area contributed by atoms with Crippen molar-refractivity contribution in [1.82, 2.24) is 20.2 Å². The Labute approximate surface area is 176 Å². The summed E-state index contributed by atoms with van der Waals surface area (Å²) in [5.41, 5.74) is 4.47. The number of imidazole rings is 1. The number of fused-ring (bicyclic) bond motifs is 1. The van der Waals surface area contributed by atoms with E-state index in [2.05, 4.69) is 56.3 Å². The van der Waals surface area contributed by atoms with Gasteiger partial charge in [-0.15, -0.1) is 0 Å². The average molecular weight is 403 g/mol. The molecule has 4 rings (SSSR count). The van der Waals surface area contributed by atoms with E-state index in [0.29, 0.717) is 19.5 Å². The van der Waals surface area contributed by atoms with Crippen molar-refractivity contribution in [3.05, 3.63) is 83.9 Å². The number of benzene rings is 2. The number of hydrogen-bond acceptors (Lipinski definition) is 3. The summed E-state index contributed by atoms with van der Waals surface area (Å²) >= 11 is 0. The SMILES string of the molecule is CN=C(NCc1ccc(Cn2ccnc2)cc1)NCC1CC(=O)Nc2ccccc21. The van der Waals surface area contributed by atoms with Crippen LogP contribution in [0.3, 0.4) is 0 Å². The number of nitrogens with one attached hydrogen (secondary N) is 3. The second-order valence-corrected chi connectivity index (χ2v) is 7.39. The predicted octanol–water partition coefficient (Wildman–Crippen LogP) is 2.72. The third kappa shape index (κ3) is 4.86. The smallest absolute Gasteiger partial charge is 0.225 e.